The molecule has 0 spiro atoms. The van der Waals surface area contributed by atoms with E-state index >= 15 is 0 Å². The Kier molecular flexibility index (Phi) is 2.70. The van der Waals surface area contributed by atoms with Crippen molar-refractivity contribution in [1.29, 1.82) is 0 Å². The molecule has 1 aromatic heterocycles. The largest absolute Gasteiger partial charge is 0.383 e. The van der Waals surface area contributed by atoms with Gasteiger partial charge in [-0.3, -0.25) is 14.3 Å². The Morgan fingerprint density at radius 1 is 1.64 bits per heavy atom. The number of hydrogen-bond donors (Lipinski definition) is 3. The highest BCUT2D eigenvalue weighted by Gasteiger charge is 2.13. The molecule has 0 unspecified atom stereocenters. The summed E-state index contributed by atoms with van der Waals surface area (Å²) in [4.78, 5) is 21.7. The van der Waals surface area contributed by atoms with E-state index in [1.165, 1.54) is 10.9 Å². The predicted octanol–water partition coefficient (Wildman–Crippen LogP) is -1.78. The lowest BCUT2D eigenvalue weighted by molar-refractivity contribution is -0.117. The van der Waals surface area contributed by atoms with E-state index in [1.807, 2.05) is 0 Å². The second-order valence-corrected chi connectivity index (χ2v) is 2.72. The maximum absolute atomic E-state index is 11.3. The Balaban J connectivity index is 2.70. The Labute approximate surface area is 80.1 Å². The summed E-state index contributed by atoms with van der Waals surface area (Å²) in [5, 5.41) is 6.08. The third-order valence-corrected chi connectivity index (χ3v) is 1.65. The van der Waals surface area contributed by atoms with Gasteiger partial charge in [0, 0.05) is 7.05 Å². The average molecular weight is 197 g/mol. The number of nitrogen functional groups attached to an aromatic ring is 1. The summed E-state index contributed by atoms with van der Waals surface area (Å²) >= 11 is 0. The fraction of sp³-hybridized carbons (Fsp3) is 0.286. The smallest absolute Gasteiger partial charge is 0.257 e. The molecule has 0 aliphatic rings. The molecule has 1 rings (SSSR count). The fourth-order valence-corrected chi connectivity index (χ4v) is 0.885. The number of carbonyl (C=O) groups is 2. The van der Waals surface area contributed by atoms with Crippen LogP contribution in [0.1, 0.15) is 10.4 Å². The van der Waals surface area contributed by atoms with Gasteiger partial charge >= 0.3 is 0 Å². The quantitative estimate of drug-likeness (QED) is 0.531. The number of anilines is 1. The van der Waals surface area contributed by atoms with Crippen LogP contribution >= 0.6 is 0 Å². The van der Waals surface area contributed by atoms with E-state index in [9.17, 15) is 9.59 Å². The molecule has 0 fully saturated rings. The number of carbonyl (C=O) groups excluding carboxylic acids is 2. The number of amides is 2. The van der Waals surface area contributed by atoms with Gasteiger partial charge in [0.2, 0.25) is 5.91 Å². The SMILES string of the molecule is Cn1ncc(C(=O)NCC(N)=O)c1N. The van der Waals surface area contributed by atoms with Crippen LogP contribution in [0.15, 0.2) is 6.20 Å². The molecule has 7 heteroatoms. The van der Waals surface area contributed by atoms with Crippen molar-refractivity contribution in [3.05, 3.63) is 11.8 Å². The molecule has 0 aliphatic carbocycles. The minimum Gasteiger partial charge on any atom is -0.383 e. The first-order valence-corrected chi connectivity index (χ1v) is 3.86. The minimum atomic E-state index is -0.610. The zero-order valence-electron chi connectivity index (χ0n) is 7.65. The maximum Gasteiger partial charge on any atom is 0.257 e. The number of aryl methyl sites for hydroxylation is 1. The van der Waals surface area contributed by atoms with E-state index in [-0.39, 0.29) is 17.9 Å². The molecule has 0 bridgehead atoms. The van der Waals surface area contributed by atoms with Crippen molar-refractivity contribution < 1.29 is 9.59 Å². The molecular formula is C7H11N5O2. The van der Waals surface area contributed by atoms with Crippen molar-refractivity contribution in [2.75, 3.05) is 12.3 Å². The van der Waals surface area contributed by atoms with Crippen LogP contribution in [0.25, 0.3) is 0 Å². The monoisotopic (exact) mass is 197 g/mol. The lowest BCUT2D eigenvalue weighted by Gasteiger charge is -2.01. The molecule has 14 heavy (non-hydrogen) atoms. The Bertz CT molecular complexity index is 370. The molecule has 0 saturated carbocycles. The first-order valence-electron chi connectivity index (χ1n) is 3.86. The first-order chi connectivity index (χ1) is 6.52. The van der Waals surface area contributed by atoms with Crippen molar-refractivity contribution in [2.45, 2.75) is 0 Å². The molecule has 5 N–H and O–H groups in total. The molecule has 0 saturated heterocycles. The third-order valence-electron chi connectivity index (χ3n) is 1.65. The van der Waals surface area contributed by atoms with Crippen molar-refractivity contribution in [2.24, 2.45) is 12.8 Å². The van der Waals surface area contributed by atoms with Crippen LogP contribution in [-0.2, 0) is 11.8 Å². The Hall–Kier alpha value is -2.05. The third kappa shape index (κ3) is 2.00. The van der Waals surface area contributed by atoms with Crippen LogP contribution in [0.4, 0.5) is 5.82 Å². The molecule has 0 aromatic carbocycles. The maximum atomic E-state index is 11.3. The zero-order chi connectivity index (χ0) is 10.7. The van der Waals surface area contributed by atoms with Gasteiger partial charge in [-0.15, -0.1) is 0 Å². The van der Waals surface area contributed by atoms with Gasteiger partial charge in [-0.2, -0.15) is 5.10 Å². The molecule has 0 aliphatic heterocycles. The van der Waals surface area contributed by atoms with Crippen molar-refractivity contribution in [1.82, 2.24) is 15.1 Å². The van der Waals surface area contributed by atoms with E-state index in [2.05, 4.69) is 10.4 Å². The van der Waals surface area contributed by atoms with Crippen molar-refractivity contribution in [3.8, 4) is 0 Å². The molecule has 0 radical (unpaired) electrons. The van der Waals surface area contributed by atoms with Gasteiger partial charge in [-0.05, 0) is 0 Å². The number of rotatable bonds is 3. The Morgan fingerprint density at radius 3 is 2.71 bits per heavy atom. The predicted molar refractivity (Wildman–Crippen MR) is 49.1 cm³/mol. The van der Waals surface area contributed by atoms with Crippen molar-refractivity contribution >= 4 is 17.6 Å². The second kappa shape index (κ2) is 3.77. The molecule has 76 valence electrons. The van der Waals surface area contributed by atoms with Gasteiger partial charge in [-0.1, -0.05) is 0 Å². The molecular weight excluding hydrogens is 186 g/mol. The summed E-state index contributed by atoms with van der Waals surface area (Å²) in [5.74, 6) is -0.831. The standard InChI is InChI=1S/C7H11N5O2/c1-12-6(9)4(2-11-12)7(14)10-3-5(8)13/h2H,3,9H2,1H3,(H2,8,13)(H,10,14). The summed E-state index contributed by atoms with van der Waals surface area (Å²) < 4.78 is 1.36. The van der Waals surface area contributed by atoms with Gasteiger partial charge < -0.3 is 16.8 Å². The minimum absolute atomic E-state index is 0.215. The van der Waals surface area contributed by atoms with Gasteiger partial charge in [-0.25, -0.2) is 0 Å². The second-order valence-electron chi connectivity index (χ2n) is 2.72. The fourth-order valence-electron chi connectivity index (χ4n) is 0.885. The molecule has 7 nitrogen and oxygen atoms in total. The molecule has 2 amide bonds. The highest BCUT2D eigenvalue weighted by atomic mass is 16.2. The topological polar surface area (TPSA) is 116 Å². The summed E-state index contributed by atoms with van der Waals surface area (Å²) in [6, 6.07) is 0. The lowest BCUT2D eigenvalue weighted by atomic mass is 10.3. The molecule has 0 atom stereocenters. The van der Waals surface area contributed by atoms with E-state index in [0.717, 1.165) is 0 Å². The molecule has 1 aromatic rings. The van der Waals surface area contributed by atoms with Crippen LogP contribution in [0.3, 0.4) is 0 Å². The zero-order valence-corrected chi connectivity index (χ0v) is 7.65. The van der Waals surface area contributed by atoms with Crippen LogP contribution < -0.4 is 16.8 Å². The number of hydrogen-bond acceptors (Lipinski definition) is 4. The highest BCUT2D eigenvalue weighted by Crippen LogP contribution is 2.07. The normalized spacial score (nSPS) is 9.79. The summed E-state index contributed by atoms with van der Waals surface area (Å²) in [7, 11) is 1.61. The van der Waals surface area contributed by atoms with Gasteiger partial charge in [0.05, 0.1) is 12.7 Å². The summed E-state index contributed by atoms with van der Waals surface area (Å²) in [6.07, 6.45) is 1.33. The summed E-state index contributed by atoms with van der Waals surface area (Å²) in [6.45, 7) is -0.215. The molecule has 1 heterocycles. The van der Waals surface area contributed by atoms with Crippen molar-refractivity contribution in [3.63, 3.8) is 0 Å². The van der Waals surface area contributed by atoms with Gasteiger partial charge in [0.1, 0.15) is 11.4 Å². The van der Waals surface area contributed by atoms with Gasteiger partial charge in [0.15, 0.2) is 0 Å². The average Bonchev–Trinajstić information content (AvgIpc) is 2.44. The number of nitrogens with two attached hydrogens (primary N) is 2. The van der Waals surface area contributed by atoms with E-state index in [0.29, 0.717) is 0 Å². The lowest BCUT2D eigenvalue weighted by Crippen LogP contribution is -2.33. The Morgan fingerprint density at radius 2 is 2.29 bits per heavy atom. The first kappa shape index (κ1) is 10.0. The summed E-state index contributed by atoms with van der Waals surface area (Å²) in [5.41, 5.74) is 10.6. The number of nitrogens with one attached hydrogen (secondary N) is 1. The van der Waals surface area contributed by atoms with Crippen LogP contribution in [-0.4, -0.2) is 28.1 Å². The highest BCUT2D eigenvalue weighted by molar-refractivity contribution is 5.99. The number of aromatic nitrogens is 2. The van der Waals surface area contributed by atoms with E-state index in [4.69, 9.17) is 11.5 Å². The van der Waals surface area contributed by atoms with Crippen LogP contribution in [0.5, 0.6) is 0 Å². The van der Waals surface area contributed by atoms with Crippen LogP contribution in [0, 0.1) is 0 Å². The number of nitrogens with zero attached hydrogens (tertiary/aromatic N) is 2. The number of primary amides is 1. The van der Waals surface area contributed by atoms with E-state index in [1.54, 1.807) is 7.05 Å². The van der Waals surface area contributed by atoms with Gasteiger partial charge in [0.25, 0.3) is 5.91 Å². The van der Waals surface area contributed by atoms with E-state index < -0.39 is 11.8 Å². The van der Waals surface area contributed by atoms with Crippen LogP contribution in [0.2, 0.25) is 0 Å².